The van der Waals surface area contributed by atoms with Crippen LogP contribution >= 0.6 is 0 Å². The van der Waals surface area contributed by atoms with Crippen molar-refractivity contribution in [1.29, 1.82) is 0 Å². The largest absolute Gasteiger partial charge is 0.507 e. The number of carbonyl (C=O) groups excluding carboxylic acids is 2. The van der Waals surface area contributed by atoms with Crippen LogP contribution in [0, 0.1) is 5.92 Å². The number of ether oxygens (including phenoxy) is 1. The number of hydrogen-bond acceptors (Lipinski definition) is 4. The van der Waals surface area contributed by atoms with E-state index in [4.69, 9.17) is 5.73 Å². The predicted octanol–water partition coefficient (Wildman–Crippen LogP) is 2.12. The molecular weight excluding hydrogens is 284 g/mol. The maximum atomic E-state index is 11.7. The molecule has 0 fully saturated rings. The second-order valence-electron chi connectivity index (χ2n) is 5.17. The molecule has 4 N–H and O–H groups in total. The standard InChI is InChI=1S/C16H18N2O4/c1-4-8(2)5-9-10(15(17)20)6-12-11(14(9)19)7-13(18-12)16(21)22-3/h4,6-8,18-19H,1,5H2,2-3H3,(H2,17,20). The summed E-state index contributed by atoms with van der Waals surface area (Å²) < 4.78 is 4.64. The van der Waals surface area contributed by atoms with Crippen LogP contribution in [0.15, 0.2) is 24.8 Å². The molecule has 0 saturated heterocycles. The highest BCUT2D eigenvalue weighted by Gasteiger charge is 2.20. The van der Waals surface area contributed by atoms with Crippen LogP contribution in [0.1, 0.15) is 33.3 Å². The quantitative estimate of drug-likeness (QED) is 0.581. The number of amides is 1. The predicted molar refractivity (Wildman–Crippen MR) is 82.9 cm³/mol. The minimum Gasteiger partial charge on any atom is -0.507 e. The van der Waals surface area contributed by atoms with Gasteiger partial charge in [0.2, 0.25) is 5.91 Å². The first-order valence-corrected chi connectivity index (χ1v) is 6.77. The monoisotopic (exact) mass is 302 g/mol. The van der Waals surface area contributed by atoms with Gasteiger partial charge in [-0.2, -0.15) is 0 Å². The van der Waals surface area contributed by atoms with Crippen molar-refractivity contribution in [3.63, 3.8) is 0 Å². The molecule has 1 atom stereocenters. The Bertz CT molecular complexity index is 761. The van der Waals surface area contributed by atoms with Gasteiger partial charge in [0.1, 0.15) is 11.4 Å². The summed E-state index contributed by atoms with van der Waals surface area (Å²) >= 11 is 0. The number of fused-ring (bicyclic) bond motifs is 1. The minimum absolute atomic E-state index is 0.0560. The summed E-state index contributed by atoms with van der Waals surface area (Å²) in [6, 6.07) is 3.03. The lowest BCUT2D eigenvalue weighted by Crippen LogP contribution is -2.15. The summed E-state index contributed by atoms with van der Waals surface area (Å²) in [5, 5.41) is 10.9. The van der Waals surface area contributed by atoms with E-state index in [1.54, 1.807) is 6.08 Å². The molecule has 1 aromatic heterocycles. The van der Waals surface area contributed by atoms with Gasteiger partial charge in [0, 0.05) is 16.5 Å². The maximum Gasteiger partial charge on any atom is 0.354 e. The maximum absolute atomic E-state index is 11.7. The molecule has 6 heteroatoms. The first-order valence-electron chi connectivity index (χ1n) is 6.77. The summed E-state index contributed by atoms with van der Waals surface area (Å²) in [5.41, 5.74) is 6.71. The fraction of sp³-hybridized carbons (Fsp3) is 0.250. The van der Waals surface area contributed by atoms with Crippen LogP contribution < -0.4 is 5.73 Å². The molecule has 1 unspecified atom stereocenters. The second kappa shape index (κ2) is 5.93. The Hall–Kier alpha value is -2.76. The van der Waals surface area contributed by atoms with Crippen LogP contribution in [-0.4, -0.2) is 29.1 Å². The SMILES string of the molecule is C=CC(C)Cc1c(C(N)=O)cc2[nH]c(C(=O)OC)cc2c1O. The molecule has 1 aromatic carbocycles. The number of H-pyrrole nitrogens is 1. The van der Waals surface area contributed by atoms with Gasteiger partial charge in [0.25, 0.3) is 0 Å². The van der Waals surface area contributed by atoms with Gasteiger partial charge >= 0.3 is 5.97 Å². The zero-order valence-electron chi connectivity index (χ0n) is 12.5. The number of rotatable bonds is 5. The Morgan fingerprint density at radius 3 is 2.73 bits per heavy atom. The van der Waals surface area contributed by atoms with E-state index in [1.165, 1.54) is 19.2 Å². The zero-order chi connectivity index (χ0) is 16.4. The van der Waals surface area contributed by atoms with E-state index in [-0.39, 0.29) is 22.9 Å². The van der Waals surface area contributed by atoms with Crippen molar-refractivity contribution in [3.8, 4) is 5.75 Å². The Morgan fingerprint density at radius 1 is 1.50 bits per heavy atom. The van der Waals surface area contributed by atoms with Crippen LogP contribution in [0.25, 0.3) is 10.9 Å². The number of nitrogens with two attached hydrogens (primary N) is 1. The third-order valence-corrected chi connectivity index (χ3v) is 3.60. The molecule has 2 rings (SSSR count). The van der Waals surface area contributed by atoms with Crippen molar-refractivity contribution in [1.82, 2.24) is 4.98 Å². The highest BCUT2D eigenvalue weighted by molar-refractivity contribution is 6.03. The molecule has 0 aliphatic carbocycles. The number of phenols is 1. The molecule has 0 saturated carbocycles. The molecule has 0 bridgehead atoms. The number of nitrogens with one attached hydrogen (secondary N) is 1. The summed E-state index contributed by atoms with van der Waals surface area (Å²) in [6.45, 7) is 5.61. The van der Waals surface area contributed by atoms with Gasteiger partial charge in [-0.1, -0.05) is 13.0 Å². The van der Waals surface area contributed by atoms with Crippen molar-refractivity contribution in [3.05, 3.63) is 41.6 Å². The summed E-state index contributed by atoms with van der Waals surface area (Å²) in [6.07, 6.45) is 2.15. The summed E-state index contributed by atoms with van der Waals surface area (Å²) in [7, 11) is 1.26. The Labute approximate surface area is 127 Å². The number of aromatic hydroxyl groups is 1. The molecule has 0 aliphatic rings. The molecule has 0 spiro atoms. The highest BCUT2D eigenvalue weighted by Crippen LogP contribution is 2.34. The van der Waals surface area contributed by atoms with Gasteiger partial charge in [-0.3, -0.25) is 4.79 Å². The number of esters is 1. The zero-order valence-corrected chi connectivity index (χ0v) is 12.5. The smallest absolute Gasteiger partial charge is 0.354 e. The lowest BCUT2D eigenvalue weighted by molar-refractivity contribution is 0.0595. The topological polar surface area (TPSA) is 105 Å². The van der Waals surface area contributed by atoms with Crippen molar-refractivity contribution in [2.24, 2.45) is 11.7 Å². The molecule has 6 nitrogen and oxygen atoms in total. The van der Waals surface area contributed by atoms with Crippen molar-refractivity contribution >= 4 is 22.8 Å². The van der Waals surface area contributed by atoms with E-state index in [0.29, 0.717) is 22.9 Å². The Morgan fingerprint density at radius 2 is 2.18 bits per heavy atom. The average Bonchev–Trinajstić information content (AvgIpc) is 2.92. The van der Waals surface area contributed by atoms with Crippen molar-refractivity contribution in [2.45, 2.75) is 13.3 Å². The molecule has 1 amide bonds. The Kier molecular flexibility index (Phi) is 4.21. The van der Waals surface area contributed by atoms with E-state index >= 15 is 0 Å². The number of phenolic OH excluding ortho intramolecular Hbond substituents is 1. The molecular formula is C16H18N2O4. The summed E-state index contributed by atoms with van der Waals surface area (Å²) in [5.74, 6) is -1.21. The van der Waals surface area contributed by atoms with Crippen LogP contribution in [0.2, 0.25) is 0 Å². The molecule has 2 aromatic rings. The minimum atomic E-state index is -0.641. The van der Waals surface area contributed by atoms with Gasteiger partial charge in [0.15, 0.2) is 0 Å². The van der Waals surface area contributed by atoms with E-state index in [0.717, 1.165) is 0 Å². The van der Waals surface area contributed by atoms with Gasteiger partial charge in [0.05, 0.1) is 12.6 Å². The van der Waals surface area contributed by atoms with Gasteiger partial charge in [-0.15, -0.1) is 6.58 Å². The number of benzene rings is 1. The highest BCUT2D eigenvalue weighted by atomic mass is 16.5. The number of hydrogen-bond donors (Lipinski definition) is 3. The first kappa shape index (κ1) is 15.6. The van der Waals surface area contributed by atoms with Crippen LogP contribution in [0.4, 0.5) is 0 Å². The van der Waals surface area contributed by atoms with E-state index in [1.807, 2.05) is 6.92 Å². The normalized spacial score (nSPS) is 12.1. The molecule has 0 radical (unpaired) electrons. The lowest BCUT2D eigenvalue weighted by atomic mass is 9.94. The molecule has 0 aliphatic heterocycles. The number of aromatic nitrogens is 1. The molecule has 116 valence electrons. The lowest BCUT2D eigenvalue weighted by Gasteiger charge is -2.13. The van der Waals surface area contributed by atoms with Crippen LogP contribution in [0.3, 0.4) is 0 Å². The number of allylic oxidation sites excluding steroid dienone is 1. The average molecular weight is 302 g/mol. The van der Waals surface area contributed by atoms with Gasteiger partial charge in [-0.25, -0.2) is 4.79 Å². The number of carbonyl (C=O) groups is 2. The summed E-state index contributed by atoms with van der Waals surface area (Å²) in [4.78, 5) is 26.1. The number of methoxy groups -OCH3 is 1. The van der Waals surface area contributed by atoms with Crippen molar-refractivity contribution in [2.75, 3.05) is 7.11 Å². The van der Waals surface area contributed by atoms with E-state index < -0.39 is 11.9 Å². The van der Waals surface area contributed by atoms with Crippen LogP contribution in [-0.2, 0) is 11.2 Å². The van der Waals surface area contributed by atoms with Gasteiger partial charge < -0.3 is 20.6 Å². The van der Waals surface area contributed by atoms with E-state index in [9.17, 15) is 14.7 Å². The van der Waals surface area contributed by atoms with Crippen molar-refractivity contribution < 1.29 is 19.4 Å². The number of primary amides is 1. The van der Waals surface area contributed by atoms with Crippen LogP contribution in [0.5, 0.6) is 5.75 Å². The third kappa shape index (κ3) is 2.67. The fourth-order valence-electron chi connectivity index (χ4n) is 2.35. The first-order chi connectivity index (χ1) is 10.4. The third-order valence-electron chi connectivity index (χ3n) is 3.60. The van der Waals surface area contributed by atoms with E-state index in [2.05, 4.69) is 16.3 Å². The van der Waals surface area contributed by atoms with Gasteiger partial charge in [-0.05, 0) is 24.5 Å². The molecule has 1 heterocycles. The fourth-order valence-corrected chi connectivity index (χ4v) is 2.35. The second-order valence-corrected chi connectivity index (χ2v) is 5.17. The Balaban J connectivity index is 2.68. The molecule has 22 heavy (non-hydrogen) atoms. The number of aromatic amines is 1.